The number of fused-ring (bicyclic) bond motifs is 1. The Kier molecular flexibility index (Phi) is 4.00. The third-order valence-corrected chi connectivity index (χ3v) is 5.07. The van der Waals surface area contributed by atoms with E-state index < -0.39 is 5.60 Å². The molecule has 1 saturated heterocycles. The molecule has 0 aromatic carbocycles. The molecule has 1 atom stereocenters. The predicted molar refractivity (Wildman–Crippen MR) is 93.4 cm³/mol. The van der Waals surface area contributed by atoms with Crippen molar-refractivity contribution in [1.29, 1.82) is 0 Å². The van der Waals surface area contributed by atoms with E-state index in [1.54, 1.807) is 12.5 Å². The van der Waals surface area contributed by atoms with Crippen molar-refractivity contribution in [1.82, 2.24) is 9.88 Å². The summed E-state index contributed by atoms with van der Waals surface area (Å²) in [5.74, 6) is 1.21. The highest BCUT2D eigenvalue weighted by atomic mass is 16.6. The number of nitrogens with zero attached hydrogens (tertiary/aromatic N) is 2. The Morgan fingerprint density at radius 2 is 2.12 bits per heavy atom. The lowest BCUT2D eigenvalue weighted by Crippen LogP contribution is -2.31. The Bertz CT molecular complexity index is 764. The minimum atomic E-state index is -0.610. The molecule has 2 aromatic rings. The Hall–Kier alpha value is -2.34. The number of anilines is 1. The van der Waals surface area contributed by atoms with Gasteiger partial charge in [0.05, 0.1) is 12.3 Å². The molecule has 0 radical (unpaired) electrons. The van der Waals surface area contributed by atoms with Crippen LogP contribution in [0.4, 0.5) is 5.82 Å². The summed E-state index contributed by atoms with van der Waals surface area (Å²) in [6.07, 6.45) is 5.84. The standard InChI is InChI=1S/C19H23N3O3/c1-19(2)13-7-8-20-17(16(13)18(23)25-19)21-12-14(15-6-5-11-24-15)22-9-3-4-10-22/h5-8,11,14H,3-4,9-10,12H2,1-2H3,(H,20,21)/t14-/m1/s1. The van der Waals surface area contributed by atoms with E-state index in [-0.39, 0.29) is 12.0 Å². The number of nitrogens with one attached hydrogen (secondary N) is 1. The molecule has 4 heterocycles. The van der Waals surface area contributed by atoms with E-state index in [0.717, 1.165) is 24.4 Å². The topological polar surface area (TPSA) is 67.6 Å². The first kappa shape index (κ1) is 16.1. The summed E-state index contributed by atoms with van der Waals surface area (Å²) < 4.78 is 11.1. The Morgan fingerprint density at radius 3 is 2.84 bits per heavy atom. The molecule has 6 heteroatoms. The van der Waals surface area contributed by atoms with Crippen molar-refractivity contribution in [2.45, 2.75) is 38.3 Å². The van der Waals surface area contributed by atoms with Gasteiger partial charge in [-0.05, 0) is 58.0 Å². The van der Waals surface area contributed by atoms with Gasteiger partial charge in [-0.1, -0.05) is 0 Å². The quantitative estimate of drug-likeness (QED) is 0.842. The highest BCUT2D eigenvalue weighted by molar-refractivity contribution is 5.99. The number of carbonyl (C=O) groups is 1. The van der Waals surface area contributed by atoms with Crippen LogP contribution in [0.1, 0.15) is 54.4 Å². The summed E-state index contributed by atoms with van der Waals surface area (Å²) in [7, 11) is 0. The number of likely N-dealkylation sites (tertiary alicyclic amines) is 1. The highest BCUT2D eigenvalue weighted by Gasteiger charge is 2.40. The lowest BCUT2D eigenvalue weighted by atomic mass is 9.97. The number of ether oxygens (including phenoxy) is 1. The molecule has 0 spiro atoms. The maximum Gasteiger partial charge on any atom is 0.343 e. The molecule has 0 amide bonds. The molecule has 0 aliphatic carbocycles. The van der Waals surface area contributed by atoms with Crippen LogP contribution in [-0.2, 0) is 10.3 Å². The molecule has 0 bridgehead atoms. The maximum atomic E-state index is 12.3. The number of rotatable bonds is 5. The second kappa shape index (κ2) is 6.19. The number of cyclic esters (lactones) is 1. The second-order valence-electron chi connectivity index (χ2n) is 7.14. The first-order valence-electron chi connectivity index (χ1n) is 8.80. The molecule has 0 saturated carbocycles. The van der Waals surface area contributed by atoms with Gasteiger partial charge in [0.1, 0.15) is 22.7 Å². The zero-order valence-electron chi connectivity index (χ0n) is 14.6. The summed E-state index contributed by atoms with van der Waals surface area (Å²) in [5.41, 5.74) is 0.819. The molecular formula is C19H23N3O3. The Morgan fingerprint density at radius 1 is 1.32 bits per heavy atom. The van der Waals surface area contributed by atoms with E-state index in [4.69, 9.17) is 9.15 Å². The number of carbonyl (C=O) groups excluding carboxylic acids is 1. The summed E-state index contributed by atoms with van der Waals surface area (Å²) in [5, 5.41) is 3.36. The highest BCUT2D eigenvalue weighted by Crippen LogP contribution is 2.38. The van der Waals surface area contributed by atoms with Crippen LogP contribution in [0.2, 0.25) is 0 Å². The Balaban J connectivity index is 1.58. The lowest BCUT2D eigenvalue weighted by Gasteiger charge is -2.26. The number of pyridine rings is 1. The van der Waals surface area contributed by atoms with E-state index in [1.807, 2.05) is 32.0 Å². The van der Waals surface area contributed by atoms with E-state index in [0.29, 0.717) is 17.9 Å². The first-order chi connectivity index (χ1) is 12.1. The SMILES string of the molecule is CC1(C)OC(=O)c2c1ccnc2NC[C@H](c1ccco1)N1CCCC1. The van der Waals surface area contributed by atoms with Gasteiger partial charge < -0.3 is 14.5 Å². The fourth-order valence-electron chi connectivity index (χ4n) is 3.78. The van der Waals surface area contributed by atoms with Gasteiger partial charge in [0.2, 0.25) is 0 Å². The van der Waals surface area contributed by atoms with Crippen molar-refractivity contribution >= 4 is 11.8 Å². The first-order valence-corrected chi connectivity index (χ1v) is 8.80. The van der Waals surface area contributed by atoms with E-state index in [9.17, 15) is 4.79 Å². The van der Waals surface area contributed by atoms with Gasteiger partial charge in [0.15, 0.2) is 0 Å². The summed E-state index contributed by atoms with van der Waals surface area (Å²) in [6, 6.07) is 5.90. The molecule has 1 N–H and O–H groups in total. The monoisotopic (exact) mass is 341 g/mol. The molecule has 0 unspecified atom stereocenters. The van der Waals surface area contributed by atoms with Crippen LogP contribution in [0, 0.1) is 0 Å². The minimum Gasteiger partial charge on any atom is -0.468 e. The third kappa shape index (κ3) is 2.91. The van der Waals surface area contributed by atoms with E-state index in [2.05, 4.69) is 15.2 Å². The normalized spacial score (nSPS) is 20.3. The average Bonchev–Trinajstić information content (AvgIpc) is 3.31. The van der Waals surface area contributed by atoms with Crippen LogP contribution in [0.25, 0.3) is 0 Å². The van der Waals surface area contributed by atoms with Crippen LogP contribution in [-0.4, -0.2) is 35.5 Å². The second-order valence-corrected chi connectivity index (χ2v) is 7.14. The van der Waals surface area contributed by atoms with Gasteiger partial charge in [0.25, 0.3) is 0 Å². The molecular weight excluding hydrogens is 318 g/mol. The van der Waals surface area contributed by atoms with Gasteiger partial charge >= 0.3 is 5.97 Å². The fourth-order valence-corrected chi connectivity index (χ4v) is 3.78. The molecule has 4 rings (SSSR count). The van der Waals surface area contributed by atoms with Crippen molar-refractivity contribution in [3.8, 4) is 0 Å². The van der Waals surface area contributed by atoms with Gasteiger partial charge in [-0.15, -0.1) is 0 Å². The predicted octanol–water partition coefficient (Wildman–Crippen LogP) is 3.33. The van der Waals surface area contributed by atoms with Crippen molar-refractivity contribution in [2.24, 2.45) is 0 Å². The van der Waals surface area contributed by atoms with Crippen molar-refractivity contribution in [3.05, 3.63) is 47.5 Å². The fraction of sp³-hybridized carbons (Fsp3) is 0.474. The largest absolute Gasteiger partial charge is 0.468 e. The number of esters is 1. The Labute approximate surface area is 147 Å². The van der Waals surface area contributed by atoms with Crippen LogP contribution in [0.15, 0.2) is 35.1 Å². The molecule has 132 valence electrons. The van der Waals surface area contributed by atoms with Crippen LogP contribution >= 0.6 is 0 Å². The lowest BCUT2D eigenvalue weighted by molar-refractivity contribution is 0.00958. The minimum absolute atomic E-state index is 0.126. The number of furan rings is 1. The van der Waals surface area contributed by atoms with Crippen LogP contribution in [0.5, 0.6) is 0 Å². The zero-order chi connectivity index (χ0) is 17.4. The molecule has 25 heavy (non-hydrogen) atoms. The summed E-state index contributed by atoms with van der Waals surface area (Å²) >= 11 is 0. The third-order valence-electron chi connectivity index (χ3n) is 5.07. The molecule has 2 aliphatic rings. The van der Waals surface area contributed by atoms with Crippen molar-refractivity contribution in [3.63, 3.8) is 0 Å². The molecule has 2 aromatic heterocycles. The van der Waals surface area contributed by atoms with Crippen molar-refractivity contribution in [2.75, 3.05) is 25.0 Å². The molecule has 1 fully saturated rings. The number of hydrogen-bond donors (Lipinski definition) is 1. The average molecular weight is 341 g/mol. The number of hydrogen-bond acceptors (Lipinski definition) is 6. The van der Waals surface area contributed by atoms with E-state index >= 15 is 0 Å². The zero-order valence-corrected chi connectivity index (χ0v) is 14.6. The van der Waals surface area contributed by atoms with Crippen LogP contribution < -0.4 is 5.32 Å². The summed E-state index contributed by atoms with van der Waals surface area (Å²) in [6.45, 7) is 6.54. The van der Waals surface area contributed by atoms with Crippen molar-refractivity contribution < 1.29 is 13.9 Å². The van der Waals surface area contributed by atoms with E-state index in [1.165, 1.54) is 12.8 Å². The maximum absolute atomic E-state index is 12.3. The van der Waals surface area contributed by atoms with Gasteiger partial charge in [-0.25, -0.2) is 9.78 Å². The van der Waals surface area contributed by atoms with Gasteiger partial charge in [0, 0.05) is 18.3 Å². The summed E-state index contributed by atoms with van der Waals surface area (Å²) in [4.78, 5) is 19.1. The molecule has 6 nitrogen and oxygen atoms in total. The molecule has 2 aliphatic heterocycles. The number of aromatic nitrogens is 1. The van der Waals surface area contributed by atoms with Gasteiger partial charge in [-0.3, -0.25) is 4.90 Å². The van der Waals surface area contributed by atoms with Gasteiger partial charge in [-0.2, -0.15) is 0 Å². The smallest absolute Gasteiger partial charge is 0.343 e. The van der Waals surface area contributed by atoms with Crippen LogP contribution in [0.3, 0.4) is 0 Å².